The largest absolute Gasteiger partial charge is 0.160 e. The zero-order chi connectivity index (χ0) is 4.28. The summed E-state index contributed by atoms with van der Waals surface area (Å²) in [6.45, 7) is 3.38. The molecule has 0 spiro atoms. The Kier molecular flexibility index (Phi) is 2.90. The second kappa shape index (κ2) is 2.67. The highest BCUT2D eigenvalue weighted by Gasteiger charge is 1.77. The molecular formula is C3H5S2. The van der Waals surface area contributed by atoms with Crippen LogP contribution in [0, 0.1) is 0 Å². The van der Waals surface area contributed by atoms with Crippen LogP contribution in [0.5, 0.6) is 0 Å². The van der Waals surface area contributed by atoms with Crippen LogP contribution in [0.1, 0.15) is 0 Å². The van der Waals surface area contributed by atoms with E-state index in [0.29, 0.717) is 0 Å². The van der Waals surface area contributed by atoms with Crippen molar-refractivity contribution >= 4 is 25.3 Å². The van der Waals surface area contributed by atoms with Crippen molar-refractivity contribution in [1.82, 2.24) is 0 Å². The average Bonchev–Trinajstić information content (AvgIpc) is 1.38. The molecule has 0 rings (SSSR count). The Morgan fingerprint density at radius 1 is 2.00 bits per heavy atom. The first-order valence-electron chi connectivity index (χ1n) is 1.24. The van der Waals surface area contributed by atoms with Gasteiger partial charge >= 0.3 is 0 Å². The summed E-state index contributed by atoms with van der Waals surface area (Å²) in [7, 11) is 0. The first kappa shape index (κ1) is 5.44. The number of rotatable bonds is 1. The van der Waals surface area contributed by atoms with Gasteiger partial charge in [-0.05, 0) is 0 Å². The van der Waals surface area contributed by atoms with Crippen LogP contribution in [0.25, 0.3) is 0 Å². The van der Waals surface area contributed by atoms with Gasteiger partial charge in [0.15, 0.2) is 0 Å². The molecule has 0 aliphatic rings. The van der Waals surface area contributed by atoms with Crippen LogP contribution in [0.2, 0.25) is 0 Å². The smallest absolute Gasteiger partial charge is 0.0754 e. The minimum absolute atomic E-state index is 0.0741. The van der Waals surface area contributed by atoms with Gasteiger partial charge in [-0.3, -0.25) is 0 Å². The molecule has 1 radical (unpaired) electrons. The summed E-state index contributed by atoms with van der Waals surface area (Å²) >= 11 is 8.32. The van der Waals surface area contributed by atoms with E-state index in [4.69, 9.17) is 0 Å². The Morgan fingerprint density at radius 3 is 2.20 bits per heavy atom. The van der Waals surface area contributed by atoms with E-state index < -0.39 is 0 Å². The minimum Gasteiger partial charge on any atom is -0.160 e. The maximum atomic E-state index is 4.53. The lowest BCUT2D eigenvalue weighted by molar-refractivity contribution is 1.73. The second-order valence-electron chi connectivity index (χ2n) is 0.626. The average molecular weight is 105 g/mol. The van der Waals surface area contributed by atoms with Gasteiger partial charge in [-0.25, -0.2) is 0 Å². The van der Waals surface area contributed by atoms with Gasteiger partial charge in [-0.1, -0.05) is 18.7 Å². The van der Waals surface area contributed by atoms with Crippen LogP contribution in [0.4, 0.5) is 0 Å². The molecule has 0 aliphatic carbocycles. The number of hydrogen-bond donors (Lipinski definition) is 1. The van der Waals surface area contributed by atoms with E-state index in [1.165, 1.54) is 0 Å². The van der Waals surface area contributed by atoms with Crippen molar-refractivity contribution in [3.8, 4) is 0 Å². The summed E-state index contributed by atoms with van der Waals surface area (Å²) in [5.74, 6) is 0. The monoisotopic (exact) mass is 105 g/mol. The SMILES string of the molecule is C=CC([S])S. The molecule has 0 aliphatic heterocycles. The Morgan fingerprint density at radius 2 is 2.20 bits per heavy atom. The summed E-state index contributed by atoms with van der Waals surface area (Å²) in [5.41, 5.74) is 0. The zero-order valence-corrected chi connectivity index (χ0v) is 4.43. The second-order valence-corrected chi connectivity index (χ2v) is 2.04. The molecular weight excluding hydrogens is 100 g/mol. The lowest BCUT2D eigenvalue weighted by Gasteiger charge is -1.80. The number of hydrogen-bond acceptors (Lipinski definition) is 1. The molecule has 5 heavy (non-hydrogen) atoms. The topological polar surface area (TPSA) is 0 Å². The fraction of sp³-hybridized carbons (Fsp3) is 0.333. The number of thiol groups is 1. The summed E-state index contributed by atoms with van der Waals surface area (Å²) in [6.07, 6.45) is 1.60. The summed E-state index contributed by atoms with van der Waals surface area (Å²) in [6, 6.07) is 0. The first-order valence-corrected chi connectivity index (χ1v) is 2.22. The zero-order valence-electron chi connectivity index (χ0n) is 2.72. The van der Waals surface area contributed by atoms with Crippen molar-refractivity contribution in [2.45, 2.75) is 4.58 Å². The Bertz CT molecular complexity index is 31.9. The van der Waals surface area contributed by atoms with E-state index in [-0.39, 0.29) is 4.58 Å². The molecule has 0 bridgehead atoms. The Hall–Kier alpha value is 0.440. The lowest BCUT2D eigenvalue weighted by Crippen LogP contribution is -1.69. The molecule has 29 valence electrons. The van der Waals surface area contributed by atoms with Crippen molar-refractivity contribution in [2.24, 2.45) is 0 Å². The van der Waals surface area contributed by atoms with Gasteiger partial charge in [0.25, 0.3) is 0 Å². The maximum absolute atomic E-state index is 4.53. The molecule has 0 amide bonds. The van der Waals surface area contributed by atoms with Crippen molar-refractivity contribution in [3.05, 3.63) is 12.7 Å². The highest BCUT2D eigenvalue weighted by atomic mass is 32.2. The van der Waals surface area contributed by atoms with Crippen LogP contribution in [-0.4, -0.2) is 4.58 Å². The summed E-state index contributed by atoms with van der Waals surface area (Å²) in [4.78, 5) is 0. The lowest BCUT2D eigenvalue weighted by atomic mass is 10.8. The molecule has 1 unspecified atom stereocenters. The van der Waals surface area contributed by atoms with Gasteiger partial charge in [0.1, 0.15) is 0 Å². The van der Waals surface area contributed by atoms with Crippen molar-refractivity contribution < 1.29 is 0 Å². The summed E-state index contributed by atoms with van der Waals surface area (Å²) < 4.78 is -0.0741. The van der Waals surface area contributed by atoms with Crippen molar-refractivity contribution in [2.75, 3.05) is 0 Å². The first-order chi connectivity index (χ1) is 2.27. The van der Waals surface area contributed by atoms with Crippen LogP contribution >= 0.6 is 25.3 Å². The highest BCUT2D eigenvalue weighted by Crippen LogP contribution is 1.97. The molecule has 0 saturated heterocycles. The quantitative estimate of drug-likeness (QED) is 0.380. The Labute approximate surface area is 43.1 Å². The van der Waals surface area contributed by atoms with E-state index in [1.54, 1.807) is 6.08 Å². The molecule has 2 heteroatoms. The maximum Gasteiger partial charge on any atom is 0.0754 e. The molecule has 0 N–H and O–H groups in total. The molecule has 0 nitrogen and oxygen atoms in total. The molecule has 0 fully saturated rings. The van der Waals surface area contributed by atoms with Gasteiger partial charge < -0.3 is 0 Å². The van der Waals surface area contributed by atoms with Gasteiger partial charge in [0, 0.05) is 0 Å². The predicted molar refractivity (Wildman–Crippen MR) is 30.6 cm³/mol. The molecule has 0 aromatic carbocycles. The van der Waals surface area contributed by atoms with Gasteiger partial charge in [0.05, 0.1) is 4.58 Å². The van der Waals surface area contributed by atoms with Gasteiger partial charge in [-0.2, -0.15) is 12.6 Å². The fourth-order valence-corrected chi connectivity index (χ4v) is 0. The molecule has 0 saturated carbocycles. The third-order valence-corrected chi connectivity index (χ3v) is 0.605. The fourth-order valence-electron chi connectivity index (χ4n) is 0. The van der Waals surface area contributed by atoms with Crippen LogP contribution < -0.4 is 0 Å². The van der Waals surface area contributed by atoms with E-state index in [9.17, 15) is 0 Å². The third kappa shape index (κ3) is 4.44. The normalized spacial score (nSPS) is 8.60. The van der Waals surface area contributed by atoms with Crippen molar-refractivity contribution in [3.63, 3.8) is 0 Å². The summed E-state index contributed by atoms with van der Waals surface area (Å²) in [5, 5.41) is 0. The molecule has 0 aromatic heterocycles. The van der Waals surface area contributed by atoms with Crippen molar-refractivity contribution in [1.29, 1.82) is 0 Å². The van der Waals surface area contributed by atoms with Crippen LogP contribution in [-0.2, 0) is 0 Å². The van der Waals surface area contributed by atoms with E-state index in [1.807, 2.05) is 0 Å². The Balaban J connectivity index is 2.83. The highest BCUT2D eigenvalue weighted by molar-refractivity contribution is 7.99. The van der Waals surface area contributed by atoms with E-state index in [0.717, 1.165) is 0 Å². The molecule has 1 atom stereocenters. The minimum atomic E-state index is -0.0741. The van der Waals surface area contributed by atoms with E-state index >= 15 is 0 Å². The molecule has 0 heterocycles. The standard InChI is InChI=1S/C3H5S2/c1-2-3(4)5/h2-4H,1H2. The molecule has 0 aromatic rings. The van der Waals surface area contributed by atoms with Gasteiger partial charge in [0.2, 0.25) is 0 Å². The third-order valence-electron chi connectivity index (χ3n) is 0.202. The van der Waals surface area contributed by atoms with Crippen LogP contribution in [0.3, 0.4) is 0 Å². The van der Waals surface area contributed by atoms with E-state index in [2.05, 4.69) is 31.8 Å². The van der Waals surface area contributed by atoms with Crippen LogP contribution in [0.15, 0.2) is 12.7 Å². The predicted octanol–water partition coefficient (Wildman–Crippen LogP) is 1.63. The van der Waals surface area contributed by atoms with Gasteiger partial charge in [-0.15, -0.1) is 6.58 Å².